The lowest BCUT2D eigenvalue weighted by atomic mass is 9.87. The third-order valence-electron chi connectivity index (χ3n) is 5.30. The van der Waals surface area contributed by atoms with E-state index in [0.717, 1.165) is 12.2 Å². The number of ether oxygens (including phenoxy) is 2. The molecule has 2 unspecified atom stereocenters. The third-order valence-corrected chi connectivity index (χ3v) is 5.30. The van der Waals surface area contributed by atoms with E-state index in [-0.39, 0.29) is 5.92 Å². The van der Waals surface area contributed by atoms with Crippen LogP contribution < -0.4 is 9.47 Å². The van der Waals surface area contributed by atoms with Gasteiger partial charge < -0.3 is 14.6 Å². The second kappa shape index (κ2) is 7.39. The third kappa shape index (κ3) is 3.33. The molecule has 0 radical (unpaired) electrons. The van der Waals surface area contributed by atoms with Gasteiger partial charge in [0.05, 0.1) is 6.61 Å². The van der Waals surface area contributed by atoms with Crippen molar-refractivity contribution in [3.05, 3.63) is 95.6 Å². The summed E-state index contributed by atoms with van der Waals surface area (Å²) in [4.78, 5) is 11.9. The van der Waals surface area contributed by atoms with E-state index in [0.29, 0.717) is 17.9 Å². The fourth-order valence-corrected chi connectivity index (χ4v) is 3.67. The standard InChI is InChI=1S/C24H22O4/c1-24(23(25)26,18-7-3-2-4-8-18)28-19-13-11-17(12-14-19)20-15-16-27-22-10-6-5-9-21(20)22/h2-14,20H,15-16H2,1H3,(H,25,26). The summed E-state index contributed by atoms with van der Waals surface area (Å²) in [5.41, 5.74) is 1.50. The lowest BCUT2D eigenvalue weighted by Crippen LogP contribution is -2.38. The Hall–Kier alpha value is -3.27. The predicted molar refractivity (Wildman–Crippen MR) is 107 cm³/mol. The lowest BCUT2D eigenvalue weighted by Gasteiger charge is -2.28. The molecule has 0 amide bonds. The van der Waals surface area contributed by atoms with Crippen molar-refractivity contribution < 1.29 is 19.4 Å². The molecule has 28 heavy (non-hydrogen) atoms. The number of benzene rings is 3. The van der Waals surface area contributed by atoms with Crippen LogP contribution in [-0.4, -0.2) is 17.7 Å². The minimum absolute atomic E-state index is 0.263. The first-order chi connectivity index (χ1) is 13.6. The van der Waals surface area contributed by atoms with Gasteiger partial charge in [0, 0.05) is 17.0 Å². The number of aliphatic carboxylic acids is 1. The Bertz CT molecular complexity index is 965. The number of carboxylic acid groups (broad SMARTS) is 1. The highest BCUT2D eigenvalue weighted by atomic mass is 16.5. The van der Waals surface area contributed by atoms with Gasteiger partial charge >= 0.3 is 5.97 Å². The summed E-state index contributed by atoms with van der Waals surface area (Å²) in [6.07, 6.45) is 0.911. The first kappa shape index (κ1) is 18.1. The zero-order valence-electron chi connectivity index (χ0n) is 15.7. The predicted octanol–water partition coefficient (Wildman–Crippen LogP) is 4.98. The van der Waals surface area contributed by atoms with E-state index in [4.69, 9.17) is 9.47 Å². The van der Waals surface area contributed by atoms with Gasteiger partial charge in [-0.15, -0.1) is 0 Å². The van der Waals surface area contributed by atoms with Crippen LogP contribution in [0.25, 0.3) is 0 Å². The average molecular weight is 374 g/mol. The van der Waals surface area contributed by atoms with Crippen LogP contribution in [0.4, 0.5) is 0 Å². The maximum absolute atomic E-state index is 11.9. The molecule has 4 heteroatoms. The fraction of sp³-hybridized carbons (Fsp3) is 0.208. The molecule has 4 rings (SSSR count). The fourth-order valence-electron chi connectivity index (χ4n) is 3.67. The summed E-state index contributed by atoms with van der Waals surface area (Å²) in [6.45, 7) is 2.26. The number of para-hydroxylation sites is 1. The SMILES string of the molecule is CC(Oc1ccc(C2CCOc3ccccc32)cc1)(C(=O)O)c1ccccc1. The normalized spacial score (nSPS) is 17.7. The number of hydrogen-bond acceptors (Lipinski definition) is 3. The number of fused-ring (bicyclic) bond motifs is 1. The molecule has 0 spiro atoms. The van der Waals surface area contributed by atoms with Crippen molar-refractivity contribution in [3.8, 4) is 11.5 Å². The monoisotopic (exact) mass is 374 g/mol. The van der Waals surface area contributed by atoms with E-state index >= 15 is 0 Å². The number of carboxylic acids is 1. The molecule has 1 N–H and O–H groups in total. The van der Waals surface area contributed by atoms with Gasteiger partial charge in [-0.1, -0.05) is 60.7 Å². The van der Waals surface area contributed by atoms with Crippen molar-refractivity contribution in [2.45, 2.75) is 24.9 Å². The van der Waals surface area contributed by atoms with Gasteiger partial charge in [0.2, 0.25) is 5.60 Å². The quantitative estimate of drug-likeness (QED) is 0.684. The molecule has 3 aromatic rings. The molecule has 142 valence electrons. The van der Waals surface area contributed by atoms with Gasteiger partial charge in [0.25, 0.3) is 0 Å². The molecule has 0 saturated carbocycles. The molecular formula is C24H22O4. The van der Waals surface area contributed by atoms with Crippen LogP contribution in [0.1, 0.15) is 36.0 Å². The summed E-state index contributed by atoms with van der Waals surface area (Å²) < 4.78 is 11.7. The Morgan fingerprint density at radius 2 is 1.68 bits per heavy atom. The topological polar surface area (TPSA) is 55.8 Å². The Morgan fingerprint density at radius 3 is 2.39 bits per heavy atom. The maximum Gasteiger partial charge on any atom is 0.352 e. The minimum atomic E-state index is -1.45. The van der Waals surface area contributed by atoms with E-state index in [9.17, 15) is 9.90 Å². The smallest absolute Gasteiger partial charge is 0.352 e. The van der Waals surface area contributed by atoms with E-state index in [1.165, 1.54) is 11.1 Å². The Morgan fingerprint density at radius 1 is 1.00 bits per heavy atom. The summed E-state index contributed by atoms with van der Waals surface area (Å²) in [7, 11) is 0. The molecule has 0 aromatic heterocycles. The molecule has 2 atom stereocenters. The van der Waals surface area contributed by atoms with E-state index in [1.54, 1.807) is 19.1 Å². The van der Waals surface area contributed by atoms with Crippen LogP contribution in [0, 0.1) is 0 Å². The molecule has 1 aliphatic rings. The van der Waals surface area contributed by atoms with Crippen LogP contribution in [0.3, 0.4) is 0 Å². The molecule has 1 aliphatic heterocycles. The summed E-state index contributed by atoms with van der Waals surface area (Å²) in [5, 5.41) is 9.78. The Balaban J connectivity index is 1.60. The van der Waals surface area contributed by atoms with Crippen molar-refractivity contribution in [3.63, 3.8) is 0 Å². The highest BCUT2D eigenvalue weighted by molar-refractivity contribution is 5.79. The van der Waals surface area contributed by atoms with Crippen LogP contribution >= 0.6 is 0 Å². The van der Waals surface area contributed by atoms with Crippen molar-refractivity contribution in [2.75, 3.05) is 6.61 Å². The summed E-state index contributed by atoms with van der Waals surface area (Å²) >= 11 is 0. The molecule has 0 saturated heterocycles. The van der Waals surface area contributed by atoms with Crippen molar-refractivity contribution in [1.82, 2.24) is 0 Å². The largest absolute Gasteiger partial charge is 0.493 e. The molecule has 3 aromatic carbocycles. The van der Waals surface area contributed by atoms with Gasteiger partial charge in [-0.2, -0.15) is 0 Å². The second-order valence-electron chi connectivity index (χ2n) is 7.10. The van der Waals surface area contributed by atoms with Crippen molar-refractivity contribution in [1.29, 1.82) is 0 Å². The highest BCUT2D eigenvalue weighted by Crippen LogP contribution is 2.38. The maximum atomic E-state index is 11.9. The number of carbonyl (C=O) groups is 1. The zero-order valence-corrected chi connectivity index (χ0v) is 15.7. The number of hydrogen-bond donors (Lipinski definition) is 1. The van der Waals surface area contributed by atoms with E-state index in [2.05, 4.69) is 6.07 Å². The Labute approximate surface area is 164 Å². The van der Waals surface area contributed by atoms with E-state index < -0.39 is 11.6 Å². The van der Waals surface area contributed by atoms with Crippen LogP contribution in [0.15, 0.2) is 78.9 Å². The minimum Gasteiger partial charge on any atom is -0.493 e. The van der Waals surface area contributed by atoms with Gasteiger partial charge in [-0.05, 0) is 37.1 Å². The van der Waals surface area contributed by atoms with Gasteiger partial charge in [-0.3, -0.25) is 0 Å². The average Bonchev–Trinajstić information content (AvgIpc) is 2.74. The summed E-state index contributed by atoms with van der Waals surface area (Å²) in [6, 6.07) is 24.8. The van der Waals surface area contributed by atoms with Crippen molar-refractivity contribution in [2.24, 2.45) is 0 Å². The van der Waals surface area contributed by atoms with E-state index in [1.807, 2.05) is 60.7 Å². The molecule has 1 heterocycles. The van der Waals surface area contributed by atoms with Crippen LogP contribution in [0.2, 0.25) is 0 Å². The van der Waals surface area contributed by atoms with Gasteiger partial charge in [-0.25, -0.2) is 4.79 Å². The first-order valence-corrected chi connectivity index (χ1v) is 9.37. The molecule has 0 fully saturated rings. The lowest BCUT2D eigenvalue weighted by molar-refractivity contribution is -0.154. The Kier molecular flexibility index (Phi) is 4.78. The number of rotatable bonds is 5. The van der Waals surface area contributed by atoms with Crippen LogP contribution in [0.5, 0.6) is 11.5 Å². The summed E-state index contributed by atoms with van der Waals surface area (Å²) in [5.74, 6) is 0.694. The molecule has 4 nitrogen and oxygen atoms in total. The van der Waals surface area contributed by atoms with Gasteiger partial charge in [0.15, 0.2) is 0 Å². The van der Waals surface area contributed by atoms with Crippen molar-refractivity contribution >= 4 is 5.97 Å². The molecular weight excluding hydrogens is 352 g/mol. The second-order valence-corrected chi connectivity index (χ2v) is 7.10. The van der Waals surface area contributed by atoms with Gasteiger partial charge in [0.1, 0.15) is 11.5 Å². The molecule has 0 aliphatic carbocycles. The van der Waals surface area contributed by atoms with Crippen LogP contribution in [-0.2, 0) is 10.4 Å². The highest BCUT2D eigenvalue weighted by Gasteiger charge is 2.37. The first-order valence-electron chi connectivity index (χ1n) is 9.37. The molecule has 0 bridgehead atoms. The zero-order chi connectivity index (χ0) is 19.6.